The van der Waals surface area contributed by atoms with Crippen LogP contribution in [0.3, 0.4) is 0 Å². The smallest absolute Gasteiger partial charge is 0.246 e. The molecule has 7 rings (SSSR count). The zero-order chi connectivity index (χ0) is 24.8. The maximum absolute atomic E-state index is 13.3. The van der Waals surface area contributed by atoms with Crippen molar-refractivity contribution in [3.8, 4) is 11.5 Å². The Balaban J connectivity index is 1.30. The van der Waals surface area contributed by atoms with Gasteiger partial charge in [0.15, 0.2) is 11.5 Å². The molecule has 3 heterocycles. The Labute approximate surface area is 211 Å². The van der Waals surface area contributed by atoms with Crippen molar-refractivity contribution in [1.82, 2.24) is 9.80 Å². The molecular weight excluding hydrogens is 456 g/mol. The van der Waals surface area contributed by atoms with Crippen LogP contribution in [-0.4, -0.2) is 69.8 Å². The number of furan rings is 1. The Morgan fingerprint density at radius 2 is 2.14 bits per heavy atom. The number of carbonyl (C=O) groups excluding carboxylic acids is 1. The van der Waals surface area contributed by atoms with E-state index in [1.807, 2.05) is 19.2 Å². The molecule has 2 aromatic rings. The van der Waals surface area contributed by atoms with Crippen molar-refractivity contribution in [2.24, 2.45) is 11.8 Å². The molecule has 1 saturated heterocycles. The Morgan fingerprint density at radius 1 is 1.31 bits per heavy atom. The van der Waals surface area contributed by atoms with Crippen LogP contribution in [0.4, 0.5) is 0 Å². The van der Waals surface area contributed by atoms with Gasteiger partial charge in [-0.3, -0.25) is 9.69 Å². The lowest BCUT2D eigenvalue weighted by atomic mass is 9.46. The Morgan fingerprint density at radius 3 is 2.89 bits per heavy atom. The second-order valence-corrected chi connectivity index (χ2v) is 11.8. The summed E-state index contributed by atoms with van der Waals surface area (Å²) in [5.74, 6) is 1.29. The molecule has 190 valence electrons. The Hall–Kier alpha value is -2.77. The molecular formula is C29H34N2O5. The molecule has 0 unspecified atom stereocenters. The van der Waals surface area contributed by atoms with Gasteiger partial charge in [-0.05, 0) is 74.3 Å². The third-order valence-corrected chi connectivity index (χ3v) is 9.84. The van der Waals surface area contributed by atoms with Crippen LogP contribution in [-0.2, 0) is 16.6 Å². The number of ether oxygens (including phenoxy) is 1. The van der Waals surface area contributed by atoms with Gasteiger partial charge in [0, 0.05) is 36.8 Å². The summed E-state index contributed by atoms with van der Waals surface area (Å²) in [4.78, 5) is 17.6. The molecule has 2 aliphatic heterocycles. The van der Waals surface area contributed by atoms with Crippen LogP contribution in [0.1, 0.15) is 49.3 Å². The summed E-state index contributed by atoms with van der Waals surface area (Å²) in [6, 6.07) is 5.34. The molecule has 1 aromatic heterocycles. The minimum Gasteiger partial charge on any atom is -0.504 e. The van der Waals surface area contributed by atoms with E-state index in [0.717, 1.165) is 43.0 Å². The average molecular weight is 491 g/mol. The standard InChI is InChI=1S/C29H34N2O5/c1-17-14-29(34)22-13-20-6-7-21(32)26-24(20)28(29,10-11-31(22)15-18-3-4-18)27(36-26)25(17)30(2)23(33)8-5-19-9-12-35-16-19/h5-9,12,16-18,22,25,27,32,34H,3-4,10-11,13-15H2,1-2H3/b8-5+/t17-,22+,25+,27-,28-,29+/m0/s1. The van der Waals surface area contributed by atoms with E-state index in [2.05, 4.69) is 11.8 Å². The number of benzene rings is 1. The van der Waals surface area contributed by atoms with Gasteiger partial charge in [-0.25, -0.2) is 0 Å². The molecule has 36 heavy (non-hydrogen) atoms. The van der Waals surface area contributed by atoms with E-state index in [1.165, 1.54) is 18.4 Å². The monoisotopic (exact) mass is 490 g/mol. The molecule has 0 radical (unpaired) electrons. The number of carbonyl (C=O) groups is 1. The number of rotatable bonds is 5. The molecule has 1 aromatic carbocycles. The molecule has 2 N–H and O–H groups in total. The highest BCUT2D eigenvalue weighted by molar-refractivity contribution is 5.92. The van der Waals surface area contributed by atoms with E-state index in [0.29, 0.717) is 12.2 Å². The summed E-state index contributed by atoms with van der Waals surface area (Å²) >= 11 is 0. The van der Waals surface area contributed by atoms with Gasteiger partial charge in [-0.15, -0.1) is 0 Å². The van der Waals surface area contributed by atoms with Crippen LogP contribution < -0.4 is 4.74 Å². The van der Waals surface area contributed by atoms with Crippen LogP contribution in [0, 0.1) is 11.8 Å². The number of aliphatic hydroxyl groups is 1. The third kappa shape index (κ3) is 2.90. The number of nitrogens with zero attached hydrogens (tertiary/aromatic N) is 2. The number of phenols is 1. The highest BCUT2D eigenvalue weighted by atomic mass is 16.5. The van der Waals surface area contributed by atoms with Gasteiger partial charge in [0.1, 0.15) is 6.10 Å². The number of aromatic hydroxyl groups is 1. The largest absolute Gasteiger partial charge is 0.504 e. The maximum Gasteiger partial charge on any atom is 0.246 e. The van der Waals surface area contributed by atoms with Crippen molar-refractivity contribution < 1.29 is 24.2 Å². The zero-order valence-corrected chi connectivity index (χ0v) is 20.9. The molecule has 3 fully saturated rings. The van der Waals surface area contributed by atoms with E-state index in [-0.39, 0.29) is 29.7 Å². The summed E-state index contributed by atoms with van der Waals surface area (Å²) < 4.78 is 11.8. The number of amides is 1. The molecule has 1 spiro atoms. The fraction of sp³-hybridized carbons (Fsp3) is 0.552. The first kappa shape index (κ1) is 22.4. The van der Waals surface area contributed by atoms with E-state index >= 15 is 0 Å². The summed E-state index contributed by atoms with van der Waals surface area (Å²) in [6.07, 6.45) is 10.8. The van der Waals surface area contributed by atoms with Crippen LogP contribution >= 0.6 is 0 Å². The maximum atomic E-state index is 13.3. The summed E-state index contributed by atoms with van der Waals surface area (Å²) in [7, 11) is 1.83. The first-order valence-electron chi connectivity index (χ1n) is 13.3. The zero-order valence-electron chi connectivity index (χ0n) is 20.9. The average Bonchev–Trinajstić information content (AvgIpc) is 3.36. The molecule has 7 heteroatoms. The number of hydrogen-bond donors (Lipinski definition) is 2. The molecule has 5 aliphatic rings. The molecule has 2 saturated carbocycles. The van der Waals surface area contributed by atoms with Crippen molar-refractivity contribution >= 4 is 12.0 Å². The van der Waals surface area contributed by atoms with E-state index in [1.54, 1.807) is 35.6 Å². The topological polar surface area (TPSA) is 86.4 Å². The Bertz CT molecular complexity index is 1240. The van der Waals surface area contributed by atoms with Crippen molar-refractivity contribution in [3.05, 3.63) is 53.5 Å². The minimum absolute atomic E-state index is 0.0192. The quantitative estimate of drug-likeness (QED) is 0.626. The fourth-order valence-electron chi connectivity index (χ4n) is 8.12. The first-order chi connectivity index (χ1) is 17.3. The number of phenolic OH excluding ortho intramolecular Hbond substituents is 1. The lowest BCUT2D eigenvalue weighted by Gasteiger charge is -2.66. The highest BCUT2D eigenvalue weighted by Crippen LogP contribution is 2.66. The van der Waals surface area contributed by atoms with E-state index in [4.69, 9.17) is 9.15 Å². The summed E-state index contributed by atoms with van der Waals surface area (Å²) in [5, 5.41) is 23.6. The number of hydrogen-bond acceptors (Lipinski definition) is 6. The van der Waals surface area contributed by atoms with Crippen LogP contribution in [0.5, 0.6) is 11.5 Å². The predicted octanol–water partition coefficient (Wildman–Crippen LogP) is 3.34. The number of piperidine rings is 1. The van der Waals surface area contributed by atoms with Gasteiger partial charge < -0.3 is 24.3 Å². The Kier molecular flexibility index (Phi) is 4.75. The molecule has 3 aliphatic carbocycles. The molecule has 7 nitrogen and oxygen atoms in total. The van der Waals surface area contributed by atoms with Crippen LogP contribution in [0.25, 0.3) is 6.08 Å². The van der Waals surface area contributed by atoms with Crippen molar-refractivity contribution in [2.45, 2.75) is 68.2 Å². The van der Waals surface area contributed by atoms with Crippen molar-refractivity contribution in [2.75, 3.05) is 20.1 Å². The van der Waals surface area contributed by atoms with Gasteiger partial charge in [-0.2, -0.15) is 0 Å². The third-order valence-electron chi connectivity index (χ3n) is 9.84. The van der Waals surface area contributed by atoms with Crippen molar-refractivity contribution in [3.63, 3.8) is 0 Å². The second-order valence-electron chi connectivity index (χ2n) is 11.8. The summed E-state index contributed by atoms with van der Waals surface area (Å²) in [6.45, 7) is 4.07. The number of likely N-dealkylation sites (N-methyl/N-ethyl adjacent to an activating group) is 1. The normalized spacial score (nSPS) is 36.5. The molecule has 1 amide bonds. The second kappa shape index (κ2) is 7.62. The highest BCUT2D eigenvalue weighted by Gasteiger charge is 2.74. The molecule has 2 bridgehead atoms. The predicted molar refractivity (Wildman–Crippen MR) is 134 cm³/mol. The van der Waals surface area contributed by atoms with Gasteiger partial charge in [0.05, 0.1) is 29.6 Å². The fourth-order valence-corrected chi connectivity index (χ4v) is 8.12. The lowest BCUT2D eigenvalue weighted by molar-refractivity contribution is -0.212. The van der Waals surface area contributed by atoms with Gasteiger partial charge in [0.25, 0.3) is 0 Å². The van der Waals surface area contributed by atoms with Crippen LogP contribution in [0.15, 0.2) is 41.2 Å². The van der Waals surface area contributed by atoms with E-state index in [9.17, 15) is 15.0 Å². The van der Waals surface area contributed by atoms with Crippen LogP contribution in [0.2, 0.25) is 0 Å². The first-order valence-corrected chi connectivity index (χ1v) is 13.3. The van der Waals surface area contributed by atoms with Gasteiger partial charge in [0.2, 0.25) is 5.91 Å². The molecule has 6 atom stereocenters. The van der Waals surface area contributed by atoms with Crippen molar-refractivity contribution in [1.29, 1.82) is 0 Å². The van der Waals surface area contributed by atoms with Gasteiger partial charge in [-0.1, -0.05) is 13.0 Å². The summed E-state index contributed by atoms with van der Waals surface area (Å²) in [5.41, 5.74) is 1.38. The van der Waals surface area contributed by atoms with E-state index < -0.39 is 17.1 Å². The SMILES string of the molecule is C[C@H]1C[C@@]2(O)[C@H]3Cc4ccc(O)c5c4[C@@]2(CCN3CC2CC2)[C@@H](O5)[C@@H]1N(C)C(=O)/C=C/c1ccoc1. The lowest BCUT2D eigenvalue weighted by Crippen LogP contribution is -2.79. The minimum atomic E-state index is -0.969. The van der Waals surface area contributed by atoms with Gasteiger partial charge >= 0.3 is 0 Å². The number of likely N-dealkylation sites (tertiary alicyclic amines) is 1.